The molecular formula is C20H35N5O2S. The summed E-state index contributed by atoms with van der Waals surface area (Å²) in [5.74, 6) is 0.830. The molecule has 0 radical (unpaired) electrons. The average molecular weight is 410 g/mol. The maximum atomic E-state index is 12.0. The molecule has 1 aromatic heterocycles. The van der Waals surface area contributed by atoms with Crippen LogP contribution in [0.15, 0.2) is 22.5 Å². The minimum Gasteiger partial charge on any atom is -0.379 e. The fourth-order valence-electron chi connectivity index (χ4n) is 3.02. The Balaban J connectivity index is 1.91. The van der Waals surface area contributed by atoms with Gasteiger partial charge in [0.2, 0.25) is 5.91 Å². The number of rotatable bonds is 10. The first kappa shape index (κ1) is 22.6. The van der Waals surface area contributed by atoms with Crippen molar-refractivity contribution in [1.82, 2.24) is 20.9 Å². The van der Waals surface area contributed by atoms with Crippen LogP contribution in [-0.4, -0.2) is 68.7 Å². The van der Waals surface area contributed by atoms with E-state index < -0.39 is 0 Å². The van der Waals surface area contributed by atoms with Crippen LogP contribution in [0.2, 0.25) is 0 Å². The van der Waals surface area contributed by atoms with E-state index in [0.29, 0.717) is 19.5 Å². The molecule has 0 aliphatic carbocycles. The highest BCUT2D eigenvalue weighted by Gasteiger charge is 2.23. The lowest BCUT2D eigenvalue weighted by Gasteiger charge is -2.33. The van der Waals surface area contributed by atoms with E-state index >= 15 is 0 Å². The number of morpholine rings is 1. The summed E-state index contributed by atoms with van der Waals surface area (Å²) in [7, 11) is 0. The van der Waals surface area contributed by atoms with E-state index in [0.717, 1.165) is 45.2 Å². The Labute approximate surface area is 172 Å². The van der Waals surface area contributed by atoms with Gasteiger partial charge < -0.3 is 20.7 Å². The van der Waals surface area contributed by atoms with Crippen molar-refractivity contribution in [3.63, 3.8) is 0 Å². The first-order chi connectivity index (χ1) is 13.6. The van der Waals surface area contributed by atoms with Crippen LogP contribution in [0.25, 0.3) is 0 Å². The first-order valence-electron chi connectivity index (χ1n) is 10.3. The molecule has 1 amide bonds. The van der Waals surface area contributed by atoms with E-state index in [-0.39, 0.29) is 18.0 Å². The highest BCUT2D eigenvalue weighted by molar-refractivity contribution is 7.10. The normalized spacial score (nSPS) is 17.8. The van der Waals surface area contributed by atoms with Gasteiger partial charge in [-0.3, -0.25) is 14.7 Å². The Kier molecular flexibility index (Phi) is 10.3. The molecule has 1 fully saturated rings. The third-order valence-corrected chi connectivity index (χ3v) is 5.76. The molecule has 28 heavy (non-hydrogen) atoms. The lowest BCUT2D eigenvalue weighted by Crippen LogP contribution is -2.42. The van der Waals surface area contributed by atoms with Gasteiger partial charge in [0.15, 0.2) is 5.96 Å². The molecule has 0 saturated carbocycles. The van der Waals surface area contributed by atoms with E-state index in [2.05, 4.69) is 45.3 Å². The number of hydrogen-bond donors (Lipinski definition) is 3. The maximum absolute atomic E-state index is 12.0. The summed E-state index contributed by atoms with van der Waals surface area (Å²) in [6, 6.07) is 4.75. The van der Waals surface area contributed by atoms with Gasteiger partial charge in [0.25, 0.3) is 0 Å². The van der Waals surface area contributed by atoms with Crippen LogP contribution in [0.1, 0.15) is 44.5 Å². The van der Waals surface area contributed by atoms with Crippen molar-refractivity contribution in [2.45, 2.75) is 45.7 Å². The second kappa shape index (κ2) is 12.7. The minimum absolute atomic E-state index is 0.0717. The minimum atomic E-state index is 0.0717. The molecule has 0 aromatic carbocycles. The van der Waals surface area contributed by atoms with Crippen LogP contribution in [0.3, 0.4) is 0 Å². The highest BCUT2D eigenvalue weighted by atomic mass is 32.1. The molecule has 7 nitrogen and oxygen atoms in total. The Hall–Kier alpha value is -1.64. The van der Waals surface area contributed by atoms with Gasteiger partial charge in [0.1, 0.15) is 0 Å². The number of hydrogen-bond acceptors (Lipinski definition) is 5. The average Bonchev–Trinajstić information content (AvgIpc) is 3.23. The summed E-state index contributed by atoms with van der Waals surface area (Å²) in [4.78, 5) is 20.5. The molecule has 158 valence electrons. The fraction of sp³-hybridized carbons (Fsp3) is 0.700. The van der Waals surface area contributed by atoms with Crippen LogP contribution in [0, 0.1) is 0 Å². The number of aliphatic imine (C=N–C) groups is 1. The van der Waals surface area contributed by atoms with Gasteiger partial charge >= 0.3 is 0 Å². The Morgan fingerprint density at radius 1 is 1.32 bits per heavy atom. The summed E-state index contributed by atoms with van der Waals surface area (Å²) in [6.07, 6.45) is 1.38. The van der Waals surface area contributed by atoms with E-state index in [4.69, 9.17) is 9.73 Å². The van der Waals surface area contributed by atoms with Crippen molar-refractivity contribution in [2.75, 3.05) is 45.9 Å². The Morgan fingerprint density at radius 3 is 2.75 bits per heavy atom. The van der Waals surface area contributed by atoms with Crippen molar-refractivity contribution >= 4 is 23.2 Å². The highest BCUT2D eigenvalue weighted by Crippen LogP contribution is 2.26. The van der Waals surface area contributed by atoms with E-state index in [9.17, 15) is 4.79 Å². The lowest BCUT2D eigenvalue weighted by molar-refractivity contribution is -0.121. The van der Waals surface area contributed by atoms with Gasteiger partial charge in [-0.1, -0.05) is 13.0 Å². The van der Waals surface area contributed by atoms with Gasteiger partial charge in [-0.05, 0) is 31.7 Å². The second-order valence-corrected chi connectivity index (χ2v) is 7.93. The van der Waals surface area contributed by atoms with Crippen LogP contribution in [0.4, 0.5) is 0 Å². The van der Waals surface area contributed by atoms with E-state index in [1.807, 2.05) is 13.8 Å². The summed E-state index contributed by atoms with van der Waals surface area (Å²) < 4.78 is 5.51. The first-order valence-corrected chi connectivity index (χ1v) is 11.2. The lowest BCUT2D eigenvalue weighted by atomic mass is 10.2. The van der Waals surface area contributed by atoms with Gasteiger partial charge in [0.05, 0.1) is 25.8 Å². The zero-order valence-corrected chi connectivity index (χ0v) is 18.2. The molecule has 0 spiro atoms. The molecule has 8 heteroatoms. The predicted molar refractivity (Wildman–Crippen MR) is 116 cm³/mol. The number of thiophene rings is 1. The third kappa shape index (κ3) is 7.77. The van der Waals surface area contributed by atoms with Gasteiger partial charge in [0, 0.05) is 43.5 Å². The molecule has 1 aromatic rings. The number of guanidine groups is 1. The summed E-state index contributed by atoms with van der Waals surface area (Å²) >= 11 is 1.77. The number of nitrogens with one attached hydrogen (secondary N) is 3. The quantitative estimate of drug-likeness (QED) is 0.407. The molecule has 0 bridgehead atoms. The van der Waals surface area contributed by atoms with Crippen molar-refractivity contribution in [3.05, 3.63) is 22.4 Å². The van der Waals surface area contributed by atoms with Crippen LogP contribution < -0.4 is 16.0 Å². The van der Waals surface area contributed by atoms with Crippen LogP contribution >= 0.6 is 11.3 Å². The van der Waals surface area contributed by atoms with Gasteiger partial charge in [-0.25, -0.2) is 0 Å². The third-order valence-electron chi connectivity index (χ3n) is 4.79. The van der Waals surface area contributed by atoms with E-state index in [1.165, 1.54) is 4.88 Å². The van der Waals surface area contributed by atoms with E-state index in [1.54, 1.807) is 11.3 Å². The van der Waals surface area contributed by atoms with Gasteiger partial charge in [-0.15, -0.1) is 11.3 Å². The zero-order chi connectivity index (χ0) is 20.2. The molecule has 2 rings (SSSR count). The van der Waals surface area contributed by atoms with Crippen molar-refractivity contribution < 1.29 is 9.53 Å². The summed E-state index contributed by atoms with van der Waals surface area (Å²) in [6.45, 7) is 11.6. The predicted octanol–water partition coefficient (Wildman–Crippen LogP) is 1.98. The second-order valence-electron chi connectivity index (χ2n) is 6.95. The molecule has 2 heterocycles. The molecule has 2 unspecified atom stereocenters. The molecular weight excluding hydrogens is 374 g/mol. The SMILES string of the molecule is CCNC(=NCC(c1cccs1)N1CCOCC1)NCCC(=O)NC(C)CC. The van der Waals surface area contributed by atoms with Crippen LogP contribution in [0.5, 0.6) is 0 Å². The molecule has 1 aliphatic rings. The maximum Gasteiger partial charge on any atom is 0.221 e. The van der Waals surface area contributed by atoms with Crippen LogP contribution in [-0.2, 0) is 9.53 Å². The largest absolute Gasteiger partial charge is 0.379 e. The monoisotopic (exact) mass is 409 g/mol. The summed E-state index contributed by atoms with van der Waals surface area (Å²) in [5, 5.41) is 11.7. The Morgan fingerprint density at radius 2 is 2.11 bits per heavy atom. The number of ether oxygens (including phenoxy) is 1. The molecule has 1 aliphatic heterocycles. The standard InChI is InChI=1S/C20H35N5O2S/c1-4-16(3)24-19(26)8-9-22-20(21-5-2)23-15-17(18-7-6-14-28-18)25-10-12-27-13-11-25/h6-7,14,16-17H,4-5,8-13,15H2,1-3H3,(H,24,26)(H2,21,22,23). The number of amides is 1. The van der Waals surface area contributed by atoms with Crippen molar-refractivity contribution in [1.29, 1.82) is 0 Å². The number of carbonyl (C=O) groups is 1. The molecule has 3 N–H and O–H groups in total. The molecule has 2 atom stereocenters. The Bertz CT molecular complexity index is 587. The fourth-order valence-corrected chi connectivity index (χ4v) is 3.87. The number of carbonyl (C=O) groups excluding carboxylic acids is 1. The molecule has 1 saturated heterocycles. The zero-order valence-electron chi connectivity index (χ0n) is 17.4. The topological polar surface area (TPSA) is 78.0 Å². The number of nitrogens with zero attached hydrogens (tertiary/aromatic N) is 2. The van der Waals surface area contributed by atoms with Crippen molar-refractivity contribution in [3.8, 4) is 0 Å². The van der Waals surface area contributed by atoms with Crippen molar-refractivity contribution in [2.24, 2.45) is 4.99 Å². The smallest absolute Gasteiger partial charge is 0.221 e. The van der Waals surface area contributed by atoms with Gasteiger partial charge in [-0.2, -0.15) is 0 Å². The summed E-state index contributed by atoms with van der Waals surface area (Å²) in [5.41, 5.74) is 0.